The number of carbonyl (C=O) groups is 1. The second-order valence-corrected chi connectivity index (χ2v) is 7.64. The zero-order chi connectivity index (χ0) is 21.6. The van der Waals surface area contributed by atoms with Crippen LogP contribution in [0, 0.1) is 0 Å². The quantitative estimate of drug-likeness (QED) is 0.469. The third kappa shape index (κ3) is 4.97. The van der Waals surface area contributed by atoms with Crippen molar-refractivity contribution in [2.24, 2.45) is 0 Å². The molecule has 0 bridgehead atoms. The summed E-state index contributed by atoms with van der Waals surface area (Å²) in [5.74, 6) is 0.931. The number of para-hydroxylation sites is 1. The highest BCUT2D eigenvalue weighted by Gasteiger charge is 2.20. The van der Waals surface area contributed by atoms with Gasteiger partial charge in [-0.1, -0.05) is 60.7 Å². The summed E-state index contributed by atoms with van der Waals surface area (Å²) in [6.07, 6.45) is 5.00. The Morgan fingerprint density at radius 3 is 2.61 bits per heavy atom. The highest BCUT2D eigenvalue weighted by Crippen LogP contribution is 2.35. The van der Waals surface area contributed by atoms with E-state index in [0.29, 0.717) is 13.2 Å². The molecule has 0 saturated heterocycles. The number of fused-ring (bicyclic) bond motifs is 1. The fourth-order valence-electron chi connectivity index (χ4n) is 3.98. The molecule has 0 aliphatic heterocycles. The molecule has 0 amide bonds. The van der Waals surface area contributed by atoms with Crippen molar-refractivity contribution in [3.8, 4) is 22.6 Å². The highest BCUT2D eigenvalue weighted by molar-refractivity contribution is 5.71. The lowest BCUT2D eigenvalue weighted by atomic mass is 9.85. The number of carboxylic acids is 1. The number of ether oxygens (including phenoxy) is 2. The molecule has 158 valence electrons. The molecule has 0 fully saturated rings. The van der Waals surface area contributed by atoms with Gasteiger partial charge in [0.1, 0.15) is 18.1 Å². The van der Waals surface area contributed by atoms with Crippen molar-refractivity contribution in [1.82, 2.24) is 0 Å². The van der Waals surface area contributed by atoms with E-state index in [1.54, 1.807) is 0 Å². The standard InChI is InChI=1S/C27H26O4/c1-2-30-26-9-4-3-8-25(26)20-12-10-19(11-13-20)18-31-23-14-15-24-21(16-23)6-5-7-22(24)17-27(28)29/h3-6,8-16,22H,2,7,17-18H2,1H3,(H,28,29). The van der Waals surface area contributed by atoms with Crippen molar-refractivity contribution in [1.29, 1.82) is 0 Å². The van der Waals surface area contributed by atoms with Gasteiger partial charge in [-0.2, -0.15) is 0 Å². The summed E-state index contributed by atoms with van der Waals surface area (Å²) in [7, 11) is 0. The smallest absolute Gasteiger partial charge is 0.303 e. The maximum atomic E-state index is 11.1. The van der Waals surface area contributed by atoms with Crippen molar-refractivity contribution in [3.63, 3.8) is 0 Å². The van der Waals surface area contributed by atoms with Crippen LogP contribution in [-0.4, -0.2) is 17.7 Å². The van der Waals surface area contributed by atoms with Gasteiger partial charge in [-0.05, 0) is 59.7 Å². The molecular weight excluding hydrogens is 388 g/mol. The molecule has 0 aromatic heterocycles. The summed E-state index contributed by atoms with van der Waals surface area (Å²) in [6.45, 7) is 3.09. The number of rotatable bonds is 8. The molecule has 4 nitrogen and oxygen atoms in total. The molecule has 1 atom stereocenters. The van der Waals surface area contributed by atoms with Crippen LogP contribution in [0.2, 0.25) is 0 Å². The van der Waals surface area contributed by atoms with Gasteiger partial charge in [-0.25, -0.2) is 0 Å². The van der Waals surface area contributed by atoms with E-state index in [2.05, 4.69) is 30.3 Å². The minimum absolute atomic E-state index is 0.0265. The largest absolute Gasteiger partial charge is 0.493 e. The van der Waals surface area contributed by atoms with Gasteiger partial charge in [-0.15, -0.1) is 0 Å². The van der Waals surface area contributed by atoms with Crippen LogP contribution in [-0.2, 0) is 11.4 Å². The molecule has 0 spiro atoms. The molecule has 0 radical (unpaired) electrons. The number of aliphatic carboxylic acids is 1. The van der Waals surface area contributed by atoms with E-state index in [1.807, 2.05) is 55.5 Å². The Labute approximate surface area is 182 Å². The first kappa shape index (κ1) is 20.7. The summed E-state index contributed by atoms with van der Waals surface area (Å²) in [4.78, 5) is 11.1. The van der Waals surface area contributed by atoms with Crippen LogP contribution in [0.5, 0.6) is 11.5 Å². The molecule has 0 saturated carbocycles. The lowest BCUT2D eigenvalue weighted by molar-refractivity contribution is -0.137. The first-order valence-corrected chi connectivity index (χ1v) is 10.6. The Hall–Kier alpha value is -3.53. The zero-order valence-electron chi connectivity index (χ0n) is 17.6. The van der Waals surface area contributed by atoms with Gasteiger partial charge in [0, 0.05) is 5.56 Å². The predicted molar refractivity (Wildman–Crippen MR) is 122 cm³/mol. The van der Waals surface area contributed by atoms with Crippen LogP contribution in [0.1, 0.15) is 42.4 Å². The number of hydrogen-bond donors (Lipinski definition) is 1. The Morgan fingerprint density at radius 2 is 1.84 bits per heavy atom. The van der Waals surface area contributed by atoms with E-state index in [0.717, 1.165) is 45.7 Å². The van der Waals surface area contributed by atoms with Crippen LogP contribution in [0.4, 0.5) is 0 Å². The zero-order valence-corrected chi connectivity index (χ0v) is 17.6. The topological polar surface area (TPSA) is 55.8 Å². The van der Waals surface area contributed by atoms with Crippen LogP contribution in [0.15, 0.2) is 72.8 Å². The average molecular weight is 415 g/mol. The molecule has 1 unspecified atom stereocenters. The van der Waals surface area contributed by atoms with E-state index in [1.165, 1.54) is 0 Å². The van der Waals surface area contributed by atoms with Gasteiger partial charge in [0.25, 0.3) is 0 Å². The second kappa shape index (κ2) is 9.52. The molecule has 31 heavy (non-hydrogen) atoms. The highest BCUT2D eigenvalue weighted by atomic mass is 16.5. The second-order valence-electron chi connectivity index (χ2n) is 7.64. The van der Waals surface area contributed by atoms with E-state index in [9.17, 15) is 4.79 Å². The predicted octanol–water partition coefficient (Wildman–Crippen LogP) is 6.31. The summed E-state index contributed by atoms with van der Waals surface area (Å²) < 4.78 is 11.7. The minimum atomic E-state index is -0.765. The third-order valence-corrected chi connectivity index (χ3v) is 5.49. The molecule has 4 rings (SSSR count). The number of benzene rings is 3. The molecule has 3 aromatic carbocycles. The number of hydrogen-bond acceptors (Lipinski definition) is 3. The molecule has 1 aliphatic carbocycles. The first-order valence-electron chi connectivity index (χ1n) is 10.6. The van der Waals surface area contributed by atoms with Crippen molar-refractivity contribution >= 4 is 12.0 Å². The Bertz CT molecular complexity index is 1080. The lowest BCUT2D eigenvalue weighted by Gasteiger charge is -2.21. The third-order valence-electron chi connectivity index (χ3n) is 5.49. The fourth-order valence-corrected chi connectivity index (χ4v) is 3.98. The van der Waals surface area contributed by atoms with E-state index < -0.39 is 5.97 Å². The molecule has 4 heteroatoms. The Morgan fingerprint density at radius 1 is 1.03 bits per heavy atom. The molecule has 1 N–H and O–H groups in total. The van der Waals surface area contributed by atoms with Crippen molar-refractivity contribution in [2.45, 2.75) is 32.3 Å². The Balaban J connectivity index is 1.44. The molecule has 1 aliphatic rings. The van der Waals surface area contributed by atoms with Crippen LogP contribution >= 0.6 is 0 Å². The first-order chi connectivity index (χ1) is 15.1. The number of allylic oxidation sites excluding steroid dienone is 1. The van der Waals surface area contributed by atoms with Crippen molar-refractivity contribution < 1.29 is 19.4 Å². The Kier molecular flexibility index (Phi) is 6.37. The van der Waals surface area contributed by atoms with Crippen molar-refractivity contribution in [2.75, 3.05) is 6.61 Å². The SMILES string of the molecule is CCOc1ccccc1-c1ccc(COc2ccc3c(c2)C=CCC3CC(=O)O)cc1. The monoisotopic (exact) mass is 414 g/mol. The van der Waals surface area contributed by atoms with Gasteiger partial charge in [0.15, 0.2) is 0 Å². The lowest BCUT2D eigenvalue weighted by Crippen LogP contribution is -2.09. The van der Waals surface area contributed by atoms with Gasteiger partial charge in [0.05, 0.1) is 13.0 Å². The van der Waals surface area contributed by atoms with Crippen molar-refractivity contribution in [3.05, 3.63) is 89.5 Å². The molecular formula is C27H26O4. The average Bonchev–Trinajstić information content (AvgIpc) is 2.78. The maximum Gasteiger partial charge on any atom is 0.303 e. The summed E-state index contributed by atoms with van der Waals surface area (Å²) in [6, 6.07) is 22.3. The normalized spacial score (nSPS) is 14.7. The van der Waals surface area contributed by atoms with E-state index in [-0.39, 0.29) is 12.3 Å². The minimum Gasteiger partial charge on any atom is -0.493 e. The van der Waals surface area contributed by atoms with Gasteiger partial charge in [-0.3, -0.25) is 4.79 Å². The summed E-state index contributed by atoms with van der Waals surface area (Å²) >= 11 is 0. The van der Waals surface area contributed by atoms with E-state index >= 15 is 0 Å². The van der Waals surface area contributed by atoms with Gasteiger partial charge < -0.3 is 14.6 Å². The van der Waals surface area contributed by atoms with Gasteiger partial charge in [0.2, 0.25) is 0 Å². The van der Waals surface area contributed by atoms with E-state index in [4.69, 9.17) is 14.6 Å². The van der Waals surface area contributed by atoms with Gasteiger partial charge >= 0.3 is 5.97 Å². The molecule has 3 aromatic rings. The van der Waals surface area contributed by atoms with Crippen LogP contribution < -0.4 is 9.47 Å². The van der Waals surface area contributed by atoms with Crippen LogP contribution in [0.3, 0.4) is 0 Å². The summed E-state index contributed by atoms with van der Waals surface area (Å²) in [5.41, 5.74) is 5.38. The summed E-state index contributed by atoms with van der Waals surface area (Å²) in [5, 5.41) is 9.13. The molecule has 0 heterocycles. The fraction of sp³-hybridized carbons (Fsp3) is 0.222. The maximum absolute atomic E-state index is 11.1. The number of carboxylic acid groups (broad SMARTS) is 1. The van der Waals surface area contributed by atoms with Crippen LogP contribution in [0.25, 0.3) is 17.2 Å².